The van der Waals surface area contributed by atoms with Crippen LogP contribution < -0.4 is 4.74 Å². The number of hydrogen-bond acceptors (Lipinski definition) is 4. The number of likely N-dealkylation sites (N-methyl/N-ethyl adjacent to an activating group) is 1. The number of rotatable bonds is 8. The lowest BCUT2D eigenvalue weighted by Crippen LogP contribution is -2.31. The Balaban J connectivity index is 1.71. The lowest BCUT2D eigenvalue weighted by atomic mass is 9.86. The zero-order valence-electron chi connectivity index (χ0n) is 16.9. The molecular weight excluding hydrogens is 393 g/mol. The van der Waals surface area contributed by atoms with Gasteiger partial charge >= 0.3 is 0 Å². The molecule has 0 spiro atoms. The molecule has 1 unspecified atom stereocenters. The van der Waals surface area contributed by atoms with E-state index in [9.17, 15) is 0 Å². The third kappa shape index (κ3) is 5.18. The van der Waals surface area contributed by atoms with Crippen LogP contribution in [-0.2, 0) is 6.54 Å². The first-order valence-corrected chi connectivity index (χ1v) is 10.7. The molecule has 0 saturated carbocycles. The van der Waals surface area contributed by atoms with Crippen LogP contribution in [0.25, 0.3) is 0 Å². The molecule has 0 bridgehead atoms. The maximum Gasteiger partial charge on any atom is 0.213 e. The Labute approximate surface area is 178 Å². The molecule has 1 aliphatic rings. The fourth-order valence-corrected chi connectivity index (χ4v) is 4.11. The number of ether oxygens (including phenoxy) is 1. The largest absolute Gasteiger partial charge is 0.478 e. The summed E-state index contributed by atoms with van der Waals surface area (Å²) in [6.07, 6.45) is 2.97. The van der Waals surface area contributed by atoms with Gasteiger partial charge < -0.3 is 14.5 Å². The Morgan fingerprint density at radius 2 is 1.96 bits per heavy atom. The topological polar surface area (TPSA) is 28.6 Å². The van der Waals surface area contributed by atoms with E-state index in [1.54, 1.807) is 0 Å². The SMILES string of the molecule is CCN(CC)CCCOc1cc2c(cn1)C(c1ccc(Cl)c(Cl)c1)CN(C)C2. The predicted molar refractivity (Wildman–Crippen MR) is 117 cm³/mol. The smallest absolute Gasteiger partial charge is 0.213 e. The number of nitrogens with zero attached hydrogens (tertiary/aromatic N) is 3. The van der Waals surface area contributed by atoms with E-state index in [1.807, 2.05) is 18.3 Å². The fraction of sp³-hybridized carbons (Fsp3) is 0.500. The molecule has 2 heterocycles. The first kappa shape index (κ1) is 21.4. The molecule has 0 aliphatic carbocycles. The average molecular weight is 422 g/mol. The third-order valence-electron chi connectivity index (χ3n) is 5.42. The van der Waals surface area contributed by atoms with Crippen molar-refractivity contribution < 1.29 is 4.74 Å². The van der Waals surface area contributed by atoms with Gasteiger partial charge in [0.2, 0.25) is 5.88 Å². The van der Waals surface area contributed by atoms with Crippen LogP contribution in [0.5, 0.6) is 5.88 Å². The molecule has 0 amide bonds. The highest BCUT2D eigenvalue weighted by Crippen LogP contribution is 2.36. The van der Waals surface area contributed by atoms with E-state index in [2.05, 4.69) is 47.8 Å². The molecule has 6 heteroatoms. The molecule has 4 nitrogen and oxygen atoms in total. The van der Waals surface area contributed by atoms with Crippen LogP contribution >= 0.6 is 23.2 Å². The van der Waals surface area contributed by atoms with E-state index in [1.165, 1.54) is 11.1 Å². The molecule has 0 N–H and O–H groups in total. The van der Waals surface area contributed by atoms with Crippen LogP contribution in [0.1, 0.15) is 42.9 Å². The van der Waals surface area contributed by atoms with Gasteiger partial charge in [0.1, 0.15) is 0 Å². The summed E-state index contributed by atoms with van der Waals surface area (Å²) in [6.45, 7) is 10.1. The third-order valence-corrected chi connectivity index (χ3v) is 6.16. The minimum Gasteiger partial charge on any atom is -0.478 e. The number of halogens is 2. The van der Waals surface area contributed by atoms with E-state index in [4.69, 9.17) is 27.9 Å². The molecule has 1 atom stereocenters. The summed E-state index contributed by atoms with van der Waals surface area (Å²) in [5.74, 6) is 0.939. The van der Waals surface area contributed by atoms with Crippen LogP contribution in [0.3, 0.4) is 0 Å². The van der Waals surface area contributed by atoms with Gasteiger partial charge in [0, 0.05) is 37.8 Å². The van der Waals surface area contributed by atoms with Gasteiger partial charge in [-0.3, -0.25) is 0 Å². The molecule has 1 aromatic carbocycles. The molecular formula is C22H29Cl2N3O. The minimum absolute atomic E-state index is 0.229. The second-order valence-corrected chi connectivity index (χ2v) is 8.19. The van der Waals surface area contributed by atoms with Crippen molar-refractivity contribution in [3.63, 3.8) is 0 Å². The Morgan fingerprint density at radius 3 is 2.68 bits per heavy atom. The summed E-state index contributed by atoms with van der Waals surface area (Å²) in [7, 11) is 2.14. The van der Waals surface area contributed by atoms with Gasteiger partial charge in [0.05, 0.1) is 16.7 Å². The Bertz CT molecular complexity index is 795. The van der Waals surface area contributed by atoms with Crippen molar-refractivity contribution in [2.45, 2.75) is 32.7 Å². The number of benzene rings is 1. The van der Waals surface area contributed by atoms with Crippen molar-refractivity contribution >= 4 is 23.2 Å². The molecule has 28 heavy (non-hydrogen) atoms. The summed E-state index contributed by atoms with van der Waals surface area (Å²) in [5, 5.41) is 1.18. The molecule has 0 fully saturated rings. The number of fused-ring (bicyclic) bond motifs is 1. The van der Waals surface area contributed by atoms with Crippen molar-refractivity contribution in [3.05, 3.63) is 57.2 Å². The van der Waals surface area contributed by atoms with Gasteiger partial charge in [-0.05, 0) is 55.4 Å². The van der Waals surface area contributed by atoms with Crippen molar-refractivity contribution in [1.29, 1.82) is 0 Å². The van der Waals surface area contributed by atoms with E-state index in [0.717, 1.165) is 44.7 Å². The van der Waals surface area contributed by atoms with Crippen LogP contribution in [0, 0.1) is 0 Å². The number of pyridine rings is 1. The number of aromatic nitrogens is 1. The first-order valence-electron chi connectivity index (χ1n) is 9.99. The van der Waals surface area contributed by atoms with Crippen LogP contribution in [0.2, 0.25) is 10.0 Å². The van der Waals surface area contributed by atoms with Crippen molar-refractivity contribution in [2.75, 3.05) is 39.8 Å². The number of hydrogen-bond donors (Lipinski definition) is 0. The summed E-state index contributed by atoms with van der Waals surface area (Å²) in [4.78, 5) is 9.30. The quantitative estimate of drug-likeness (QED) is 0.555. The summed E-state index contributed by atoms with van der Waals surface area (Å²) in [6, 6.07) is 7.98. The second-order valence-electron chi connectivity index (χ2n) is 7.37. The van der Waals surface area contributed by atoms with Gasteiger partial charge in [-0.15, -0.1) is 0 Å². The van der Waals surface area contributed by atoms with Gasteiger partial charge in [0.15, 0.2) is 0 Å². The Kier molecular flexibility index (Phi) is 7.58. The molecule has 3 rings (SSSR count). The maximum absolute atomic E-state index is 6.25. The summed E-state index contributed by atoms with van der Waals surface area (Å²) < 4.78 is 5.93. The second kappa shape index (κ2) is 9.93. The summed E-state index contributed by atoms with van der Waals surface area (Å²) in [5.41, 5.74) is 3.67. The highest BCUT2D eigenvalue weighted by molar-refractivity contribution is 6.42. The predicted octanol–water partition coefficient (Wildman–Crippen LogP) is 5.08. The molecule has 0 radical (unpaired) electrons. The van der Waals surface area contributed by atoms with Crippen molar-refractivity contribution in [2.24, 2.45) is 0 Å². The van der Waals surface area contributed by atoms with E-state index in [-0.39, 0.29) is 5.92 Å². The monoisotopic (exact) mass is 421 g/mol. The van der Waals surface area contributed by atoms with E-state index in [0.29, 0.717) is 22.5 Å². The zero-order chi connectivity index (χ0) is 20.1. The molecule has 2 aromatic rings. The van der Waals surface area contributed by atoms with Crippen molar-refractivity contribution in [3.8, 4) is 5.88 Å². The average Bonchev–Trinajstić information content (AvgIpc) is 2.69. The van der Waals surface area contributed by atoms with E-state index < -0.39 is 0 Å². The minimum atomic E-state index is 0.229. The van der Waals surface area contributed by atoms with Crippen LogP contribution in [0.4, 0.5) is 0 Å². The highest BCUT2D eigenvalue weighted by Gasteiger charge is 2.26. The van der Waals surface area contributed by atoms with Crippen LogP contribution in [-0.4, -0.2) is 54.6 Å². The molecule has 1 aromatic heterocycles. The standard InChI is InChI=1S/C22H29Cl2N3O/c1-4-27(5-2)9-6-10-28-22-12-17-14-26(3)15-19(18(17)13-25-22)16-7-8-20(23)21(24)11-16/h7-8,11-13,19H,4-6,9-10,14-15H2,1-3H3. The normalized spacial score (nSPS) is 17.0. The van der Waals surface area contributed by atoms with E-state index >= 15 is 0 Å². The van der Waals surface area contributed by atoms with Crippen molar-refractivity contribution in [1.82, 2.24) is 14.8 Å². The molecule has 1 aliphatic heterocycles. The van der Waals surface area contributed by atoms with Crippen LogP contribution in [0.15, 0.2) is 30.5 Å². The molecule has 0 saturated heterocycles. The van der Waals surface area contributed by atoms with Gasteiger partial charge in [-0.2, -0.15) is 0 Å². The van der Waals surface area contributed by atoms with Gasteiger partial charge in [-0.25, -0.2) is 4.98 Å². The maximum atomic E-state index is 6.25. The fourth-order valence-electron chi connectivity index (χ4n) is 3.80. The lowest BCUT2D eigenvalue weighted by molar-refractivity contribution is 0.243. The molecule has 152 valence electrons. The summed E-state index contributed by atoms with van der Waals surface area (Å²) >= 11 is 12.3. The van der Waals surface area contributed by atoms with Gasteiger partial charge in [-0.1, -0.05) is 43.1 Å². The van der Waals surface area contributed by atoms with Gasteiger partial charge in [0.25, 0.3) is 0 Å². The lowest BCUT2D eigenvalue weighted by Gasteiger charge is -2.32. The first-order chi connectivity index (χ1) is 13.5. The zero-order valence-corrected chi connectivity index (χ0v) is 18.4. The highest BCUT2D eigenvalue weighted by atomic mass is 35.5. The Hall–Kier alpha value is -1.33. The Morgan fingerprint density at radius 1 is 1.18 bits per heavy atom.